The first kappa shape index (κ1) is 9.81. The summed E-state index contributed by atoms with van der Waals surface area (Å²) in [6.45, 7) is 4.66. The Hall–Kier alpha value is -1.19. The van der Waals surface area contributed by atoms with Gasteiger partial charge in [-0.05, 0) is 13.8 Å². The molecule has 0 aromatic rings. The third-order valence-electron chi connectivity index (χ3n) is 0.948. The predicted molar refractivity (Wildman–Crippen MR) is 41.0 cm³/mol. The summed E-state index contributed by atoms with van der Waals surface area (Å²) in [4.78, 5) is 10.4. The van der Waals surface area contributed by atoms with Gasteiger partial charge in [0.15, 0.2) is 0 Å². The summed E-state index contributed by atoms with van der Waals surface area (Å²) in [5.74, 6) is -1.10. The zero-order valence-corrected chi connectivity index (χ0v) is 6.76. The summed E-state index contributed by atoms with van der Waals surface area (Å²) in [6, 6.07) is 0. The Balaban J connectivity index is 3.97. The summed E-state index contributed by atoms with van der Waals surface area (Å²) in [7, 11) is 0. The molecule has 4 nitrogen and oxygen atoms in total. The molecule has 0 aliphatic carbocycles. The first-order valence-corrected chi connectivity index (χ1v) is 3.52. The first-order chi connectivity index (χ1) is 5.22. The monoisotopic (exact) mass is 159 g/mol. The first-order valence-electron chi connectivity index (χ1n) is 3.52. The van der Waals surface area contributed by atoms with Gasteiger partial charge < -0.3 is 15.2 Å². The van der Waals surface area contributed by atoms with Gasteiger partial charge in [-0.3, -0.25) is 0 Å². The van der Waals surface area contributed by atoms with Gasteiger partial charge in [-0.15, -0.1) is 0 Å². The topological polar surface area (TPSA) is 58.6 Å². The third kappa shape index (κ3) is 4.25. The van der Waals surface area contributed by atoms with E-state index in [1.54, 1.807) is 6.92 Å². The lowest BCUT2D eigenvalue weighted by Crippen LogP contribution is -2.11. The standard InChI is InChI=1S/C7H13NO3/c1-3-8-5-6(7(9)10)11-4-2/h5,8H,3-4H2,1-2H3,(H,9,10)/b6-5-. The summed E-state index contributed by atoms with van der Waals surface area (Å²) >= 11 is 0. The van der Waals surface area contributed by atoms with Gasteiger partial charge in [0.05, 0.1) is 6.61 Å². The average Bonchev–Trinajstić information content (AvgIpc) is 1.97. The highest BCUT2D eigenvalue weighted by atomic mass is 16.5. The van der Waals surface area contributed by atoms with Crippen LogP contribution in [0.15, 0.2) is 12.0 Å². The van der Waals surface area contributed by atoms with Crippen molar-refractivity contribution in [3.05, 3.63) is 12.0 Å². The van der Waals surface area contributed by atoms with Crippen LogP contribution in [0.5, 0.6) is 0 Å². The van der Waals surface area contributed by atoms with Crippen LogP contribution < -0.4 is 5.32 Å². The second-order valence-corrected chi connectivity index (χ2v) is 1.80. The Labute approximate surface area is 65.9 Å². The molecular weight excluding hydrogens is 146 g/mol. The molecule has 0 atom stereocenters. The van der Waals surface area contributed by atoms with Gasteiger partial charge in [0, 0.05) is 12.7 Å². The minimum atomic E-state index is -1.05. The average molecular weight is 159 g/mol. The minimum absolute atomic E-state index is 0.0469. The molecule has 2 N–H and O–H groups in total. The van der Waals surface area contributed by atoms with Gasteiger partial charge in [-0.1, -0.05) is 0 Å². The zero-order valence-electron chi connectivity index (χ0n) is 6.76. The molecule has 0 saturated heterocycles. The van der Waals surface area contributed by atoms with Crippen LogP contribution in [0.4, 0.5) is 0 Å². The zero-order chi connectivity index (χ0) is 8.69. The van der Waals surface area contributed by atoms with Crippen LogP contribution in [0.25, 0.3) is 0 Å². The Bertz CT molecular complexity index is 154. The molecule has 0 heterocycles. The van der Waals surface area contributed by atoms with E-state index in [0.717, 1.165) is 0 Å². The normalized spacial score (nSPS) is 10.9. The summed E-state index contributed by atoms with van der Waals surface area (Å²) < 4.78 is 4.80. The van der Waals surface area contributed by atoms with E-state index in [1.165, 1.54) is 6.20 Å². The van der Waals surface area contributed by atoms with Crippen molar-refractivity contribution in [1.82, 2.24) is 5.32 Å². The molecule has 0 aromatic carbocycles. The number of ether oxygens (including phenoxy) is 1. The minimum Gasteiger partial charge on any atom is -0.486 e. The quantitative estimate of drug-likeness (QED) is 0.454. The second kappa shape index (κ2) is 5.58. The molecule has 4 heteroatoms. The Kier molecular flexibility index (Phi) is 4.98. The van der Waals surface area contributed by atoms with E-state index in [9.17, 15) is 4.79 Å². The van der Waals surface area contributed by atoms with E-state index in [-0.39, 0.29) is 5.76 Å². The summed E-state index contributed by atoms with van der Waals surface area (Å²) in [6.07, 6.45) is 1.35. The maximum absolute atomic E-state index is 10.4. The van der Waals surface area contributed by atoms with E-state index < -0.39 is 5.97 Å². The van der Waals surface area contributed by atoms with Gasteiger partial charge in [-0.25, -0.2) is 4.79 Å². The van der Waals surface area contributed by atoms with E-state index in [4.69, 9.17) is 9.84 Å². The SMILES string of the molecule is CCN/C=C(\OCC)C(=O)O. The van der Waals surface area contributed by atoms with Crippen LogP contribution in [0.1, 0.15) is 13.8 Å². The third-order valence-corrected chi connectivity index (χ3v) is 0.948. The molecule has 0 fully saturated rings. The van der Waals surface area contributed by atoms with Crippen molar-refractivity contribution in [3.63, 3.8) is 0 Å². The van der Waals surface area contributed by atoms with E-state index in [0.29, 0.717) is 13.2 Å². The molecule has 0 bridgehead atoms. The highest BCUT2D eigenvalue weighted by Gasteiger charge is 2.05. The molecule has 0 aliphatic heterocycles. The fraction of sp³-hybridized carbons (Fsp3) is 0.571. The number of nitrogens with one attached hydrogen (secondary N) is 1. The number of rotatable bonds is 5. The van der Waals surface area contributed by atoms with Crippen molar-refractivity contribution in [1.29, 1.82) is 0 Å². The van der Waals surface area contributed by atoms with Crippen LogP contribution in [0.2, 0.25) is 0 Å². The summed E-state index contributed by atoms with van der Waals surface area (Å²) in [5, 5.41) is 11.2. The van der Waals surface area contributed by atoms with Gasteiger partial charge in [-0.2, -0.15) is 0 Å². The van der Waals surface area contributed by atoms with Gasteiger partial charge in [0.1, 0.15) is 0 Å². The Morgan fingerprint density at radius 1 is 1.64 bits per heavy atom. The second-order valence-electron chi connectivity index (χ2n) is 1.80. The molecule has 11 heavy (non-hydrogen) atoms. The smallest absolute Gasteiger partial charge is 0.372 e. The van der Waals surface area contributed by atoms with Crippen molar-refractivity contribution < 1.29 is 14.6 Å². The molecule has 0 radical (unpaired) electrons. The number of aliphatic carboxylic acids is 1. The molecule has 0 aliphatic rings. The van der Waals surface area contributed by atoms with Crippen molar-refractivity contribution in [2.45, 2.75) is 13.8 Å². The lowest BCUT2D eigenvalue weighted by atomic mass is 10.5. The lowest BCUT2D eigenvalue weighted by Gasteiger charge is -2.02. The number of hydrogen-bond donors (Lipinski definition) is 2. The maximum atomic E-state index is 10.4. The molecule has 0 unspecified atom stereocenters. The summed E-state index contributed by atoms with van der Waals surface area (Å²) in [5.41, 5.74) is 0. The van der Waals surface area contributed by atoms with Crippen LogP contribution in [0, 0.1) is 0 Å². The molecule has 0 spiro atoms. The lowest BCUT2D eigenvalue weighted by molar-refractivity contribution is -0.136. The molecule has 64 valence electrons. The highest BCUT2D eigenvalue weighted by molar-refractivity contribution is 5.84. The number of carboxylic acids is 1. The number of hydrogen-bond acceptors (Lipinski definition) is 3. The van der Waals surface area contributed by atoms with E-state index in [2.05, 4.69) is 5.32 Å². The predicted octanol–water partition coefficient (Wildman–Crippen LogP) is 0.558. The molecule has 0 aromatic heterocycles. The molecule has 0 rings (SSSR count). The van der Waals surface area contributed by atoms with Crippen LogP contribution in [0.3, 0.4) is 0 Å². The van der Waals surface area contributed by atoms with Crippen LogP contribution >= 0.6 is 0 Å². The fourth-order valence-electron chi connectivity index (χ4n) is 0.515. The van der Waals surface area contributed by atoms with Crippen molar-refractivity contribution >= 4 is 5.97 Å². The highest BCUT2D eigenvalue weighted by Crippen LogP contribution is 1.94. The molecule has 0 amide bonds. The Morgan fingerprint density at radius 2 is 2.27 bits per heavy atom. The van der Waals surface area contributed by atoms with E-state index >= 15 is 0 Å². The number of carbonyl (C=O) groups is 1. The van der Waals surface area contributed by atoms with Crippen LogP contribution in [-0.2, 0) is 9.53 Å². The number of carboxylic acid groups (broad SMARTS) is 1. The van der Waals surface area contributed by atoms with Crippen LogP contribution in [-0.4, -0.2) is 24.2 Å². The van der Waals surface area contributed by atoms with Gasteiger partial charge in [0.25, 0.3) is 0 Å². The molecule has 0 saturated carbocycles. The van der Waals surface area contributed by atoms with Crippen molar-refractivity contribution in [2.75, 3.05) is 13.2 Å². The van der Waals surface area contributed by atoms with Crippen molar-refractivity contribution in [2.24, 2.45) is 0 Å². The van der Waals surface area contributed by atoms with Crippen molar-refractivity contribution in [3.8, 4) is 0 Å². The van der Waals surface area contributed by atoms with Gasteiger partial charge in [0.2, 0.25) is 5.76 Å². The maximum Gasteiger partial charge on any atom is 0.372 e. The largest absolute Gasteiger partial charge is 0.486 e. The fourth-order valence-corrected chi connectivity index (χ4v) is 0.515. The molecular formula is C7H13NO3. The van der Waals surface area contributed by atoms with E-state index in [1.807, 2.05) is 6.92 Å². The Morgan fingerprint density at radius 3 is 2.64 bits per heavy atom. The van der Waals surface area contributed by atoms with Gasteiger partial charge >= 0.3 is 5.97 Å².